The van der Waals surface area contributed by atoms with E-state index in [0.29, 0.717) is 46.9 Å². The summed E-state index contributed by atoms with van der Waals surface area (Å²) in [5.41, 5.74) is 4.58. The van der Waals surface area contributed by atoms with Crippen molar-refractivity contribution in [2.45, 2.75) is 58.0 Å². The minimum absolute atomic E-state index is 0.0250. The summed E-state index contributed by atoms with van der Waals surface area (Å²) in [6, 6.07) is 13.3. The van der Waals surface area contributed by atoms with Crippen molar-refractivity contribution in [3.63, 3.8) is 0 Å². The fourth-order valence-electron chi connectivity index (χ4n) is 4.81. The van der Waals surface area contributed by atoms with Gasteiger partial charge in [-0.25, -0.2) is 4.79 Å². The molecular weight excluding hydrogens is 530 g/mol. The van der Waals surface area contributed by atoms with Crippen LogP contribution in [0.25, 0.3) is 0 Å². The second kappa shape index (κ2) is 10.6. The summed E-state index contributed by atoms with van der Waals surface area (Å²) in [4.78, 5) is 27.1. The number of benzene rings is 2. The number of carbonyl (C=O) groups is 2. The van der Waals surface area contributed by atoms with Gasteiger partial charge < -0.3 is 14.8 Å². The largest absolute Gasteiger partial charge is 0.496 e. The smallest absolute Gasteiger partial charge is 0.337 e. The number of carbonyl (C=O) groups excluding carboxylic acids is 2. The summed E-state index contributed by atoms with van der Waals surface area (Å²) in [6.45, 7) is 5.72. The molecule has 1 aliphatic heterocycles. The minimum Gasteiger partial charge on any atom is -0.496 e. The van der Waals surface area contributed by atoms with Crippen LogP contribution in [-0.4, -0.2) is 25.0 Å². The first-order valence-corrected chi connectivity index (χ1v) is 12.9. The van der Waals surface area contributed by atoms with E-state index in [2.05, 4.69) is 21.2 Å². The van der Waals surface area contributed by atoms with Gasteiger partial charge in [0.15, 0.2) is 5.78 Å². The van der Waals surface area contributed by atoms with Crippen molar-refractivity contribution in [1.29, 1.82) is 0 Å². The molecule has 0 saturated heterocycles. The predicted molar refractivity (Wildman–Crippen MR) is 141 cm³/mol. The van der Waals surface area contributed by atoms with E-state index < -0.39 is 11.9 Å². The lowest BCUT2D eigenvalue weighted by molar-refractivity contribution is -0.144. The maximum atomic E-state index is 13.7. The first-order valence-electron chi connectivity index (χ1n) is 11.8. The van der Waals surface area contributed by atoms with Gasteiger partial charge in [0, 0.05) is 34.3 Å². The molecule has 5 nitrogen and oxygen atoms in total. The lowest BCUT2D eigenvalue weighted by Gasteiger charge is -2.37. The molecule has 7 heteroatoms. The number of hydrogen-bond donors (Lipinski definition) is 1. The van der Waals surface area contributed by atoms with Crippen LogP contribution in [0.2, 0.25) is 5.02 Å². The molecule has 3 atom stereocenters. The SMILES string of the molecule is CC[C@H](C)OC(=O)C1=C(C)NC2=C(C(=O)C[C@@H](c3ccc(Cl)cc3)C2)[C@@H]1c1ccc(OC)c(Br)c1. The van der Waals surface area contributed by atoms with Gasteiger partial charge >= 0.3 is 5.97 Å². The molecule has 0 spiro atoms. The van der Waals surface area contributed by atoms with Crippen LogP contribution in [-0.2, 0) is 14.3 Å². The molecule has 2 aromatic carbocycles. The topological polar surface area (TPSA) is 64.6 Å². The molecule has 0 saturated carbocycles. The third kappa shape index (κ3) is 5.19. The van der Waals surface area contributed by atoms with E-state index in [1.54, 1.807) is 7.11 Å². The molecule has 0 bridgehead atoms. The van der Waals surface area contributed by atoms with Crippen molar-refractivity contribution in [1.82, 2.24) is 5.32 Å². The molecule has 1 aliphatic carbocycles. The van der Waals surface area contributed by atoms with Crippen LogP contribution in [0.15, 0.2) is 69.5 Å². The summed E-state index contributed by atoms with van der Waals surface area (Å²) < 4.78 is 11.9. The zero-order valence-corrected chi connectivity index (χ0v) is 22.6. The monoisotopic (exact) mass is 557 g/mol. The zero-order valence-electron chi connectivity index (χ0n) is 20.3. The number of esters is 1. The van der Waals surface area contributed by atoms with Gasteiger partial charge in [0.1, 0.15) is 5.75 Å². The van der Waals surface area contributed by atoms with Crippen molar-refractivity contribution in [2.75, 3.05) is 7.11 Å². The third-order valence-corrected chi connectivity index (χ3v) is 7.65. The predicted octanol–water partition coefficient (Wildman–Crippen LogP) is 6.81. The van der Waals surface area contributed by atoms with E-state index in [-0.39, 0.29) is 17.8 Å². The Morgan fingerprint density at radius 2 is 1.86 bits per heavy atom. The van der Waals surface area contributed by atoms with E-state index in [4.69, 9.17) is 21.1 Å². The van der Waals surface area contributed by atoms with Crippen LogP contribution < -0.4 is 10.1 Å². The molecule has 0 aromatic heterocycles. The molecule has 184 valence electrons. The van der Waals surface area contributed by atoms with Gasteiger partial charge in [-0.1, -0.05) is 36.7 Å². The van der Waals surface area contributed by atoms with Crippen LogP contribution in [0.4, 0.5) is 0 Å². The summed E-state index contributed by atoms with van der Waals surface area (Å²) in [5.74, 6) is -0.184. The lowest BCUT2D eigenvalue weighted by Crippen LogP contribution is -2.36. The van der Waals surface area contributed by atoms with E-state index in [9.17, 15) is 9.59 Å². The van der Waals surface area contributed by atoms with Crippen molar-refractivity contribution < 1.29 is 19.1 Å². The number of rotatable bonds is 6. The number of dihydropyridines is 1. The number of hydrogen-bond acceptors (Lipinski definition) is 5. The second-order valence-electron chi connectivity index (χ2n) is 9.09. The highest BCUT2D eigenvalue weighted by atomic mass is 79.9. The first kappa shape index (κ1) is 25.5. The highest BCUT2D eigenvalue weighted by Crippen LogP contribution is 2.46. The number of ketones is 1. The molecule has 1 heterocycles. The Morgan fingerprint density at radius 3 is 2.49 bits per heavy atom. The van der Waals surface area contributed by atoms with Crippen molar-refractivity contribution in [3.05, 3.63) is 85.6 Å². The number of Topliss-reactive ketones (excluding diaryl/α,β-unsaturated/α-hetero) is 1. The van der Waals surface area contributed by atoms with Crippen LogP contribution >= 0.6 is 27.5 Å². The van der Waals surface area contributed by atoms with E-state index in [1.165, 1.54) is 0 Å². The quantitative estimate of drug-likeness (QED) is 0.394. The van der Waals surface area contributed by atoms with Gasteiger partial charge in [-0.2, -0.15) is 0 Å². The van der Waals surface area contributed by atoms with Crippen LogP contribution in [0.1, 0.15) is 63.0 Å². The van der Waals surface area contributed by atoms with Gasteiger partial charge in [0.05, 0.1) is 23.3 Å². The Morgan fingerprint density at radius 1 is 1.17 bits per heavy atom. The fraction of sp³-hybridized carbons (Fsp3) is 0.357. The van der Waals surface area contributed by atoms with Crippen LogP contribution in [0.3, 0.4) is 0 Å². The molecule has 2 aliphatic rings. The van der Waals surface area contributed by atoms with Crippen LogP contribution in [0.5, 0.6) is 5.75 Å². The Bertz CT molecular complexity index is 1220. The number of allylic oxidation sites excluding steroid dienone is 3. The normalized spacial score (nSPS) is 20.8. The number of methoxy groups -OCH3 is 1. The molecule has 35 heavy (non-hydrogen) atoms. The Labute approximate surface area is 219 Å². The summed E-state index contributed by atoms with van der Waals surface area (Å²) in [7, 11) is 1.60. The summed E-state index contributed by atoms with van der Waals surface area (Å²) >= 11 is 9.63. The van der Waals surface area contributed by atoms with Crippen molar-refractivity contribution >= 4 is 39.3 Å². The third-order valence-electron chi connectivity index (χ3n) is 6.78. The highest BCUT2D eigenvalue weighted by molar-refractivity contribution is 9.10. The van der Waals surface area contributed by atoms with Gasteiger partial charge in [0.2, 0.25) is 0 Å². The molecule has 1 N–H and O–H groups in total. The Balaban J connectivity index is 1.80. The van der Waals surface area contributed by atoms with Crippen molar-refractivity contribution in [3.8, 4) is 5.75 Å². The zero-order chi connectivity index (χ0) is 25.3. The Kier molecular flexibility index (Phi) is 7.72. The van der Waals surface area contributed by atoms with E-state index in [1.807, 2.05) is 63.2 Å². The Hall–Kier alpha value is -2.57. The van der Waals surface area contributed by atoms with Crippen molar-refractivity contribution in [2.24, 2.45) is 0 Å². The molecule has 0 radical (unpaired) electrons. The first-order chi connectivity index (χ1) is 16.7. The summed E-state index contributed by atoms with van der Waals surface area (Å²) in [6.07, 6.45) is 1.52. The molecule has 0 amide bonds. The maximum absolute atomic E-state index is 13.7. The average molecular weight is 559 g/mol. The number of nitrogens with one attached hydrogen (secondary N) is 1. The molecule has 0 unspecified atom stereocenters. The maximum Gasteiger partial charge on any atom is 0.337 e. The highest BCUT2D eigenvalue weighted by Gasteiger charge is 2.41. The van der Waals surface area contributed by atoms with E-state index in [0.717, 1.165) is 21.3 Å². The second-order valence-corrected chi connectivity index (χ2v) is 10.4. The van der Waals surface area contributed by atoms with Gasteiger partial charge in [0.25, 0.3) is 0 Å². The molecule has 0 fully saturated rings. The van der Waals surface area contributed by atoms with Gasteiger partial charge in [-0.15, -0.1) is 0 Å². The number of ether oxygens (including phenoxy) is 2. The van der Waals surface area contributed by atoms with E-state index >= 15 is 0 Å². The molecule has 4 rings (SSSR count). The fourth-order valence-corrected chi connectivity index (χ4v) is 5.49. The lowest BCUT2D eigenvalue weighted by atomic mass is 9.71. The van der Waals surface area contributed by atoms with Crippen LogP contribution in [0, 0.1) is 0 Å². The summed E-state index contributed by atoms with van der Waals surface area (Å²) in [5, 5.41) is 4.06. The molecular formula is C28H29BrClNO4. The standard InChI is InChI=1S/C28H29BrClNO4/c1-5-15(2)35-28(33)25-16(3)31-22-13-19(17-6-9-20(30)10-7-17)14-23(32)27(22)26(25)18-8-11-24(34-4)21(29)12-18/h6-12,15,19,26,31H,5,13-14H2,1-4H3/t15-,19-,26+/m0/s1. The van der Waals surface area contributed by atoms with Gasteiger partial charge in [-0.3, -0.25) is 4.79 Å². The average Bonchev–Trinajstić information content (AvgIpc) is 2.83. The number of halogens is 2. The van der Waals surface area contributed by atoms with Gasteiger partial charge in [-0.05, 0) is 83.9 Å². The minimum atomic E-state index is -0.524. The molecule has 2 aromatic rings.